The third-order valence-corrected chi connectivity index (χ3v) is 7.17. The average molecular weight is 306 g/mol. The van der Waals surface area contributed by atoms with Crippen molar-refractivity contribution in [1.82, 2.24) is 4.72 Å². The summed E-state index contributed by atoms with van der Waals surface area (Å²) in [6.07, 6.45) is 1.10. The van der Waals surface area contributed by atoms with Crippen molar-refractivity contribution in [3.05, 3.63) is 15.8 Å². The van der Waals surface area contributed by atoms with Gasteiger partial charge in [0.25, 0.3) is 0 Å². The van der Waals surface area contributed by atoms with E-state index in [4.69, 9.17) is 5.73 Å². The second-order valence-corrected chi connectivity index (χ2v) is 8.27. The van der Waals surface area contributed by atoms with Crippen LogP contribution in [0.3, 0.4) is 0 Å². The number of nitrogens with one attached hydrogen (secondary N) is 1. The van der Waals surface area contributed by atoms with Gasteiger partial charge in [0.1, 0.15) is 4.90 Å². The van der Waals surface area contributed by atoms with Crippen molar-refractivity contribution in [1.29, 1.82) is 0 Å². The first-order chi connectivity index (χ1) is 8.54. The molecule has 1 unspecified atom stereocenters. The Kier molecular flexibility index (Phi) is 4.71. The summed E-state index contributed by atoms with van der Waals surface area (Å²) in [4.78, 5) is 1.13. The number of rotatable bonds is 5. The lowest BCUT2D eigenvalue weighted by molar-refractivity contribution is 0.545. The zero-order valence-corrected chi connectivity index (χ0v) is 12.8. The lowest BCUT2D eigenvalue weighted by Crippen LogP contribution is -2.30. The van der Waals surface area contributed by atoms with Gasteiger partial charge in [-0.3, -0.25) is 0 Å². The molecule has 102 valence electrons. The Morgan fingerprint density at radius 1 is 1.56 bits per heavy atom. The summed E-state index contributed by atoms with van der Waals surface area (Å²) in [6.45, 7) is 2.62. The van der Waals surface area contributed by atoms with Crippen molar-refractivity contribution < 1.29 is 8.42 Å². The zero-order valence-electron chi connectivity index (χ0n) is 10.3. The van der Waals surface area contributed by atoms with E-state index in [0.29, 0.717) is 17.4 Å². The zero-order chi connectivity index (χ0) is 13.2. The van der Waals surface area contributed by atoms with E-state index in [2.05, 4.69) is 4.72 Å². The highest BCUT2D eigenvalue weighted by Gasteiger charge is 2.24. The van der Waals surface area contributed by atoms with Crippen LogP contribution >= 0.6 is 23.1 Å². The SMILES string of the molecule is Cc1csc(CN)c1S(=O)(=O)NCC1CCSC1. The molecule has 0 amide bonds. The van der Waals surface area contributed by atoms with E-state index in [1.165, 1.54) is 11.3 Å². The number of sulfonamides is 1. The topological polar surface area (TPSA) is 72.2 Å². The van der Waals surface area contributed by atoms with Crippen molar-refractivity contribution in [2.75, 3.05) is 18.1 Å². The van der Waals surface area contributed by atoms with E-state index >= 15 is 0 Å². The van der Waals surface area contributed by atoms with Crippen LogP contribution in [0.15, 0.2) is 10.3 Å². The maximum absolute atomic E-state index is 12.3. The summed E-state index contributed by atoms with van der Waals surface area (Å²) in [7, 11) is -3.41. The number of hydrogen-bond donors (Lipinski definition) is 2. The smallest absolute Gasteiger partial charge is 0.241 e. The molecule has 4 nitrogen and oxygen atoms in total. The molecular weight excluding hydrogens is 288 g/mol. The van der Waals surface area contributed by atoms with E-state index in [1.54, 1.807) is 0 Å². The lowest BCUT2D eigenvalue weighted by atomic mass is 10.1. The Balaban J connectivity index is 2.11. The fourth-order valence-corrected chi connectivity index (χ4v) is 6.13. The number of hydrogen-bond acceptors (Lipinski definition) is 5. The number of thiophene rings is 1. The minimum atomic E-state index is -3.41. The Hall–Kier alpha value is -0.0800. The maximum Gasteiger partial charge on any atom is 0.241 e. The van der Waals surface area contributed by atoms with Gasteiger partial charge in [-0.05, 0) is 41.7 Å². The third kappa shape index (κ3) is 3.08. The molecule has 1 aromatic rings. The average Bonchev–Trinajstić information content (AvgIpc) is 2.95. The predicted molar refractivity (Wildman–Crippen MR) is 77.6 cm³/mol. The molecule has 1 aliphatic heterocycles. The number of thioether (sulfide) groups is 1. The third-order valence-electron chi connectivity index (χ3n) is 3.03. The maximum atomic E-state index is 12.3. The molecule has 18 heavy (non-hydrogen) atoms. The van der Waals surface area contributed by atoms with Crippen molar-refractivity contribution in [3.63, 3.8) is 0 Å². The lowest BCUT2D eigenvalue weighted by Gasteiger charge is -2.11. The van der Waals surface area contributed by atoms with Crippen LogP contribution in [-0.4, -0.2) is 26.5 Å². The molecule has 1 aliphatic rings. The van der Waals surface area contributed by atoms with Crippen molar-refractivity contribution >= 4 is 33.1 Å². The molecule has 7 heteroatoms. The Morgan fingerprint density at radius 3 is 2.94 bits per heavy atom. The van der Waals surface area contributed by atoms with Crippen LogP contribution in [0.2, 0.25) is 0 Å². The highest BCUT2D eigenvalue weighted by atomic mass is 32.2. The summed E-state index contributed by atoms with van der Waals surface area (Å²) >= 11 is 3.30. The standard InChI is InChI=1S/C11H18N2O2S3/c1-8-6-17-10(4-12)11(8)18(14,15)13-5-9-2-3-16-7-9/h6,9,13H,2-5,7,12H2,1H3. The van der Waals surface area contributed by atoms with Gasteiger partial charge < -0.3 is 5.73 Å². The predicted octanol–water partition coefficient (Wildman–Crippen LogP) is 1.55. The van der Waals surface area contributed by atoms with Gasteiger partial charge in [0.2, 0.25) is 10.0 Å². The molecule has 0 aliphatic carbocycles. The molecule has 1 fully saturated rings. The van der Waals surface area contributed by atoms with Crippen LogP contribution < -0.4 is 10.5 Å². The minimum absolute atomic E-state index is 0.272. The van der Waals surface area contributed by atoms with Crippen LogP contribution in [0.1, 0.15) is 16.9 Å². The van der Waals surface area contributed by atoms with Crippen LogP contribution in [0.5, 0.6) is 0 Å². The molecule has 0 spiro atoms. The summed E-state index contributed by atoms with van der Waals surface area (Å²) in [5.74, 6) is 2.65. The first-order valence-electron chi connectivity index (χ1n) is 5.89. The monoisotopic (exact) mass is 306 g/mol. The van der Waals surface area contributed by atoms with Crippen molar-refractivity contribution in [3.8, 4) is 0 Å². The fourth-order valence-electron chi connectivity index (χ4n) is 2.03. The molecule has 2 rings (SSSR count). The summed E-state index contributed by atoms with van der Waals surface area (Å²) in [6, 6.07) is 0. The van der Waals surface area contributed by atoms with Crippen molar-refractivity contribution in [2.24, 2.45) is 11.7 Å². The molecule has 1 aromatic heterocycles. The van der Waals surface area contributed by atoms with Crippen LogP contribution in [-0.2, 0) is 16.6 Å². The Bertz CT molecular complexity index is 504. The molecule has 0 saturated carbocycles. The number of aryl methyl sites for hydroxylation is 1. The molecule has 1 atom stereocenters. The van der Waals surface area contributed by atoms with E-state index in [1.807, 2.05) is 24.1 Å². The van der Waals surface area contributed by atoms with Gasteiger partial charge in [-0.1, -0.05) is 0 Å². The van der Waals surface area contributed by atoms with Crippen LogP contribution in [0, 0.1) is 12.8 Å². The normalized spacial score (nSPS) is 20.4. The van der Waals surface area contributed by atoms with E-state index in [9.17, 15) is 8.42 Å². The summed E-state index contributed by atoms with van der Waals surface area (Å²) in [5.41, 5.74) is 6.38. The number of nitrogens with two attached hydrogens (primary N) is 1. The van der Waals surface area contributed by atoms with E-state index in [-0.39, 0.29) is 6.54 Å². The molecule has 0 radical (unpaired) electrons. The van der Waals surface area contributed by atoms with Gasteiger partial charge in [-0.25, -0.2) is 13.1 Å². The highest BCUT2D eigenvalue weighted by Crippen LogP contribution is 2.27. The molecule has 1 saturated heterocycles. The summed E-state index contributed by atoms with van der Waals surface area (Å²) in [5, 5.41) is 1.85. The second-order valence-electron chi connectivity index (χ2n) is 4.46. The second kappa shape index (κ2) is 5.92. The van der Waals surface area contributed by atoms with E-state index in [0.717, 1.165) is 28.4 Å². The molecule has 0 bridgehead atoms. The minimum Gasteiger partial charge on any atom is -0.326 e. The molecule has 2 heterocycles. The molecular formula is C11H18N2O2S3. The Labute approximate surface area is 116 Å². The molecule has 3 N–H and O–H groups in total. The first-order valence-corrected chi connectivity index (χ1v) is 9.41. The van der Waals surface area contributed by atoms with Crippen LogP contribution in [0.4, 0.5) is 0 Å². The van der Waals surface area contributed by atoms with Gasteiger partial charge in [-0.2, -0.15) is 11.8 Å². The van der Waals surface area contributed by atoms with Gasteiger partial charge >= 0.3 is 0 Å². The van der Waals surface area contributed by atoms with Crippen molar-refractivity contribution in [2.45, 2.75) is 24.8 Å². The van der Waals surface area contributed by atoms with Gasteiger partial charge in [0.05, 0.1) is 0 Å². The van der Waals surface area contributed by atoms with Gasteiger partial charge in [0, 0.05) is 18.0 Å². The van der Waals surface area contributed by atoms with Gasteiger partial charge in [-0.15, -0.1) is 11.3 Å². The van der Waals surface area contributed by atoms with E-state index < -0.39 is 10.0 Å². The quantitative estimate of drug-likeness (QED) is 0.866. The Morgan fingerprint density at radius 2 is 2.33 bits per heavy atom. The first kappa shape index (κ1) is 14.3. The highest BCUT2D eigenvalue weighted by molar-refractivity contribution is 7.99. The fraction of sp³-hybridized carbons (Fsp3) is 0.636. The van der Waals surface area contributed by atoms with Gasteiger partial charge in [0.15, 0.2) is 0 Å². The molecule has 0 aromatic carbocycles. The summed E-state index contributed by atoms with van der Waals surface area (Å²) < 4.78 is 27.3. The largest absolute Gasteiger partial charge is 0.326 e. The van der Waals surface area contributed by atoms with Crippen LogP contribution in [0.25, 0.3) is 0 Å².